The molecule has 0 unspecified atom stereocenters. The molecule has 0 bridgehead atoms. The van der Waals surface area contributed by atoms with Crippen LogP contribution in [0.1, 0.15) is 44.9 Å². The van der Waals surface area contributed by atoms with Crippen LogP contribution in [-0.4, -0.2) is 77.7 Å². The summed E-state index contributed by atoms with van der Waals surface area (Å²) in [5, 5.41) is 2.81. The average molecular weight is 396 g/mol. The maximum atomic E-state index is 13.0. The molecule has 10 nitrogen and oxygen atoms in total. The van der Waals surface area contributed by atoms with Crippen molar-refractivity contribution in [3.8, 4) is 0 Å². The fourth-order valence-corrected chi connectivity index (χ4v) is 4.00. The molecule has 10 heteroatoms. The molecule has 0 spiro atoms. The van der Waals surface area contributed by atoms with Gasteiger partial charge in [-0.1, -0.05) is 0 Å². The number of primary amides is 1. The Labute approximate surface area is 165 Å². The zero-order valence-corrected chi connectivity index (χ0v) is 16.3. The first-order valence-corrected chi connectivity index (χ1v) is 10.0. The second-order valence-corrected chi connectivity index (χ2v) is 7.39. The fourth-order valence-electron chi connectivity index (χ4n) is 4.00. The molecule has 2 aliphatic rings. The molecular formula is C18H32N6O4. The normalized spacial score (nSPS) is 22.9. The van der Waals surface area contributed by atoms with E-state index < -0.39 is 24.0 Å². The van der Waals surface area contributed by atoms with Gasteiger partial charge in [0.25, 0.3) is 0 Å². The van der Waals surface area contributed by atoms with E-state index in [-0.39, 0.29) is 24.3 Å². The second-order valence-electron chi connectivity index (χ2n) is 7.39. The van der Waals surface area contributed by atoms with Crippen LogP contribution in [0.3, 0.4) is 0 Å². The minimum Gasteiger partial charge on any atom is -0.368 e. The third kappa shape index (κ3) is 5.20. The minimum atomic E-state index is -0.769. The zero-order chi connectivity index (χ0) is 20.7. The summed E-state index contributed by atoms with van der Waals surface area (Å²) < 4.78 is 0. The van der Waals surface area contributed by atoms with Gasteiger partial charge in [0.15, 0.2) is 0 Å². The van der Waals surface area contributed by atoms with Gasteiger partial charge >= 0.3 is 0 Å². The van der Waals surface area contributed by atoms with Crippen LogP contribution in [0.15, 0.2) is 0 Å². The molecule has 0 saturated carbocycles. The molecule has 2 saturated heterocycles. The quantitative estimate of drug-likeness (QED) is 0.330. The van der Waals surface area contributed by atoms with Gasteiger partial charge in [0.2, 0.25) is 23.6 Å². The number of hydrogen-bond donors (Lipinski definition) is 4. The minimum absolute atomic E-state index is 0.156. The van der Waals surface area contributed by atoms with Crippen LogP contribution in [-0.2, 0) is 19.2 Å². The molecule has 2 rings (SSSR count). The van der Waals surface area contributed by atoms with Crippen LogP contribution in [0.5, 0.6) is 0 Å². The Bertz CT molecular complexity index is 599. The van der Waals surface area contributed by atoms with Gasteiger partial charge in [-0.2, -0.15) is 0 Å². The number of nitrogens with two attached hydrogens (primary N) is 3. The maximum Gasteiger partial charge on any atom is 0.245 e. The van der Waals surface area contributed by atoms with Crippen molar-refractivity contribution in [2.24, 2.45) is 17.2 Å². The molecule has 0 aliphatic carbocycles. The van der Waals surface area contributed by atoms with Crippen molar-refractivity contribution in [1.82, 2.24) is 15.1 Å². The van der Waals surface area contributed by atoms with E-state index in [0.717, 1.165) is 6.42 Å². The average Bonchev–Trinajstić information content (AvgIpc) is 3.35. The molecule has 0 aromatic heterocycles. The van der Waals surface area contributed by atoms with Crippen molar-refractivity contribution in [3.05, 3.63) is 0 Å². The van der Waals surface area contributed by atoms with Gasteiger partial charge < -0.3 is 32.3 Å². The highest BCUT2D eigenvalue weighted by Crippen LogP contribution is 2.21. The molecular weight excluding hydrogens is 364 g/mol. The lowest BCUT2D eigenvalue weighted by molar-refractivity contribution is -0.142. The van der Waals surface area contributed by atoms with Crippen LogP contribution in [0, 0.1) is 0 Å². The van der Waals surface area contributed by atoms with E-state index in [0.29, 0.717) is 58.2 Å². The number of amides is 4. The summed E-state index contributed by atoms with van der Waals surface area (Å²) in [4.78, 5) is 52.4. The highest BCUT2D eigenvalue weighted by molar-refractivity contribution is 5.94. The van der Waals surface area contributed by atoms with E-state index in [1.807, 2.05) is 0 Å². The Morgan fingerprint density at radius 3 is 2.21 bits per heavy atom. The first-order chi connectivity index (χ1) is 13.4. The Kier molecular flexibility index (Phi) is 8.18. The van der Waals surface area contributed by atoms with Crippen molar-refractivity contribution in [2.45, 2.75) is 63.1 Å². The highest BCUT2D eigenvalue weighted by atomic mass is 16.2. The molecule has 2 aliphatic heterocycles. The van der Waals surface area contributed by atoms with Crippen LogP contribution in [0.2, 0.25) is 0 Å². The predicted molar refractivity (Wildman–Crippen MR) is 103 cm³/mol. The number of carbonyl (C=O) groups is 4. The number of nitrogens with one attached hydrogen (secondary N) is 1. The number of carbonyl (C=O) groups excluding carboxylic acids is 4. The molecule has 158 valence electrons. The fraction of sp³-hybridized carbons (Fsp3) is 0.778. The van der Waals surface area contributed by atoms with Crippen LogP contribution < -0.4 is 22.5 Å². The maximum absolute atomic E-state index is 13.0. The summed E-state index contributed by atoms with van der Waals surface area (Å²) in [5.74, 6) is -1.48. The first kappa shape index (κ1) is 22.1. The smallest absolute Gasteiger partial charge is 0.245 e. The summed E-state index contributed by atoms with van der Waals surface area (Å²) in [7, 11) is 0. The third-order valence-corrected chi connectivity index (χ3v) is 5.48. The van der Waals surface area contributed by atoms with Gasteiger partial charge in [-0.15, -0.1) is 0 Å². The number of likely N-dealkylation sites (tertiary alicyclic amines) is 2. The molecule has 0 aromatic carbocycles. The lowest BCUT2D eigenvalue weighted by atomic mass is 10.1. The van der Waals surface area contributed by atoms with E-state index in [4.69, 9.17) is 17.2 Å². The van der Waals surface area contributed by atoms with E-state index in [1.165, 1.54) is 9.80 Å². The Balaban J connectivity index is 2.09. The SMILES string of the molecule is NCCCC[C@H](NC(=O)[C@@H]1CCCN1C(=O)CN)C(=O)N1CCC[C@H]1C(N)=O. The molecule has 4 amide bonds. The standard InChI is InChI=1S/C18H32N6O4/c19-8-2-1-5-12(18(28)24-10-3-6-13(24)16(21)26)22-17(27)14-7-4-9-23(14)15(25)11-20/h12-14H,1-11,19-20H2,(H2,21,26)(H,22,27)/t12-,13-,14-/m0/s1. The molecule has 28 heavy (non-hydrogen) atoms. The summed E-state index contributed by atoms with van der Waals surface area (Å²) in [5.41, 5.74) is 16.4. The highest BCUT2D eigenvalue weighted by Gasteiger charge is 2.39. The molecule has 0 aromatic rings. The van der Waals surface area contributed by atoms with Gasteiger partial charge in [-0.05, 0) is 51.5 Å². The first-order valence-electron chi connectivity index (χ1n) is 10.0. The molecule has 2 fully saturated rings. The summed E-state index contributed by atoms with van der Waals surface area (Å²) in [6.07, 6.45) is 4.29. The topological polar surface area (TPSA) is 165 Å². The summed E-state index contributed by atoms with van der Waals surface area (Å²) in [6.45, 7) is 1.26. The summed E-state index contributed by atoms with van der Waals surface area (Å²) in [6, 6.07) is -2.02. The van der Waals surface area contributed by atoms with Crippen molar-refractivity contribution >= 4 is 23.6 Å². The predicted octanol–water partition coefficient (Wildman–Crippen LogP) is -1.97. The van der Waals surface area contributed by atoms with Crippen molar-refractivity contribution in [1.29, 1.82) is 0 Å². The lowest BCUT2D eigenvalue weighted by Gasteiger charge is -2.30. The van der Waals surface area contributed by atoms with Gasteiger partial charge in [-0.3, -0.25) is 19.2 Å². The van der Waals surface area contributed by atoms with Crippen molar-refractivity contribution in [3.63, 3.8) is 0 Å². The van der Waals surface area contributed by atoms with Crippen LogP contribution >= 0.6 is 0 Å². The van der Waals surface area contributed by atoms with E-state index in [9.17, 15) is 19.2 Å². The van der Waals surface area contributed by atoms with Crippen molar-refractivity contribution in [2.75, 3.05) is 26.2 Å². The molecule has 7 N–H and O–H groups in total. The Hall–Kier alpha value is -2.20. The Morgan fingerprint density at radius 2 is 1.61 bits per heavy atom. The largest absolute Gasteiger partial charge is 0.368 e. The zero-order valence-electron chi connectivity index (χ0n) is 16.3. The van der Waals surface area contributed by atoms with Crippen molar-refractivity contribution < 1.29 is 19.2 Å². The van der Waals surface area contributed by atoms with Gasteiger partial charge in [0.05, 0.1) is 6.54 Å². The Morgan fingerprint density at radius 1 is 0.964 bits per heavy atom. The van der Waals surface area contributed by atoms with E-state index in [1.54, 1.807) is 0 Å². The van der Waals surface area contributed by atoms with E-state index in [2.05, 4.69) is 5.32 Å². The monoisotopic (exact) mass is 396 g/mol. The van der Waals surface area contributed by atoms with Gasteiger partial charge in [-0.25, -0.2) is 0 Å². The van der Waals surface area contributed by atoms with E-state index >= 15 is 0 Å². The number of rotatable bonds is 9. The number of hydrogen-bond acceptors (Lipinski definition) is 6. The molecule has 2 heterocycles. The lowest BCUT2D eigenvalue weighted by Crippen LogP contribution is -2.56. The third-order valence-electron chi connectivity index (χ3n) is 5.48. The summed E-state index contributed by atoms with van der Waals surface area (Å²) >= 11 is 0. The molecule has 0 radical (unpaired) electrons. The van der Waals surface area contributed by atoms with Crippen LogP contribution in [0.25, 0.3) is 0 Å². The second kappa shape index (κ2) is 10.4. The van der Waals surface area contributed by atoms with Gasteiger partial charge in [0, 0.05) is 13.1 Å². The number of nitrogens with zero attached hydrogens (tertiary/aromatic N) is 2. The number of unbranched alkanes of at least 4 members (excludes halogenated alkanes) is 1. The van der Waals surface area contributed by atoms with Gasteiger partial charge in [0.1, 0.15) is 18.1 Å². The molecule has 3 atom stereocenters. The van der Waals surface area contributed by atoms with Crippen LogP contribution in [0.4, 0.5) is 0 Å².